The van der Waals surface area contributed by atoms with Gasteiger partial charge in [-0.2, -0.15) is 5.26 Å². The van der Waals surface area contributed by atoms with Gasteiger partial charge >= 0.3 is 5.97 Å². The average Bonchev–Trinajstić information content (AvgIpc) is 2.69. The second-order valence-electron chi connectivity index (χ2n) is 5.71. The first-order valence-electron chi connectivity index (χ1n) is 8.40. The lowest BCUT2D eigenvalue weighted by Crippen LogP contribution is -2.35. The largest absolute Gasteiger partial charge is 0.455 e. The van der Waals surface area contributed by atoms with Crippen molar-refractivity contribution in [3.63, 3.8) is 0 Å². The number of ether oxygens (including phenoxy) is 1. The summed E-state index contributed by atoms with van der Waals surface area (Å²) in [7, 11) is 0. The molecule has 0 N–H and O–H groups in total. The van der Waals surface area contributed by atoms with E-state index in [1.54, 1.807) is 12.1 Å². The number of nitriles is 1. The van der Waals surface area contributed by atoms with Crippen molar-refractivity contribution in [1.29, 1.82) is 5.26 Å². The molecule has 0 bridgehead atoms. The number of anilines is 1. The smallest absolute Gasteiger partial charge is 0.316 e. The Morgan fingerprint density at radius 3 is 2.25 bits per heavy atom. The molecule has 0 aliphatic carbocycles. The van der Waals surface area contributed by atoms with Crippen LogP contribution in [0.5, 0.6) is 0 Å². The van der Waals surface area contributed by atoms with E-state index < -0.39 is 24.3 Å². The highest BCUT2D eigenvalue weighted by Crippen LogP contribution is 2.16. The minimum atomic E-state index is -0.556. The number of nitrogens with zero attached hydrogens (tertiary/aromatic N) is 2. The van der Waals surface area contributed by atoms with E-state index in [1.165, 1.54) is 53.1 Å². The first-order valence-corrected chi connectivity index (χ1v) is 9.56. The van der Waals surface area contributed by atoms with Gasteiger partial charge in [0.15, 0.2) is 6.61 Å². The van der Waals surface area contributed by atoms with E-state index in [1.807, 2.05) is 6.07 Å². The lowest BCUT2D eigenvalue weighted by atomic mass is 10.2. The maximum atomic E-state index is 13.1. The number of carbonyl (C=O) groups excluding carboxylic acids is 2. The molecule has 0 saturated heterocycles. The van der Waals surface area contributed by atoms with Crippen LogP contribution in [0.3, 0.4) is 0 Å². The van der Waals surface area contributed by atoms with Crippen molar-refractivity contribution in [3.05, 3.63) is 65.7 Å². The van der Waals surface area contributed by atoms with Crippen molar-refractivity contribution in [1.82, 2.24) is 0 Å². The van der Waals surface area contributed by atoms with Crippen molar-refractivity contribution in [2.24, 2.45) is 0 Å². The second-order valence-corrected chi connectivity index (χ2v) is 6.70. The minimum Gasteiger partial charge on any atom is -0.455 e. The van der Waals surface area contributed by atoms with Gasteiger partial charge in [0.2, 0.25) is 0 Å². The van der Waals surface area contributed by atoms with Crippen LogP contribution in [0.15, 0.2) is 48.5 Å². The lowest BCUT2D eigenvalue weighted by molar-refractivity contribution is -0.145. The van der Waals surface area contributed by atoms with Crippen LogP contribution in [0.1, 0.15) is 12.0 Å². The van der Waals surface area contributed by atoms with E-state index in [9.17, 15) is 18.4 Å². The Labute approximate surface area is 165 Å². The molecule has 2 rings (SSSR count). The van der Waals surface area contributed by atoms with Gasteiger partial charge in [0.25, 0.3) is 5.91 Å². The molecule has 0 aromatic heterocycles. The predicted octanol–water partition coefficient (Wildman–Crippen LogP) is 3.69. The van der Waals surface area contributed by atoms with Crippen LogP contribution < -0.4 is 4.90 Å². The fourth-order valence-electron chi connectivity index (χ4n) is 2.28. The fourth-order valence-corrected chi connectivity index (χ4v) is 3.06. The number of hydrogen-bond acceptors (Lipinski definition) is 5. The third-order valence-electron chi connectivity index (χ3n) is 3.65. The Kier molecular flexibility index (Phi) is 8.43. The molecule has 1 amide bonds. The SMILES string of the molecule is N#CCCN(C(=O)COC(=O)CSCc1ccc(F)cc1)c1ccc(F)cc1. The number of amides is 1. The summed E-state index contributed by atoms with van der Waals surface area (Å²) in [5.41, 5.74) is 1.29. The molecule has 0 radical (unpaired) electrons. The topological polar surface area (TPSA) is 70.4 Å². The zero-order chi connectivity index (χ0) is 20.4. The highest BCUT2D eigenvalue weighted by molar-refractivity contribution is 7.99. The summed E-state index contributed by atoms with van der Waals surface area (Å²) < 4.78 is 30.9. The van der Waals surface area contributed by atoms with Crippen molar-refractivity contribution in [2.75, 3.05) is 23.8 Å². The third kappa shape index (κ3) is 7.00. The van der Waals surface area contributed by atoms with Crippen LogP contribution in [-0.4, -0.2) is 30.8 Å². The summed E-state index contributed by atoms with van der Waals surface area (Å²) in [5, 5.41) is 8.76. The highest BCUT2D eigenvalue weighted by Gasteiger charge is 2.17. The first kappa shape index (κ1) is 21.4. The van der Waals surface area contributed by atoms with Gasteiger partial charge in [-0.1, -0.05) is 12.1 Å². The quantitative estimate of drug-likeness (QED) is 0.596. The van der Waals surface area contributed by atoms with Crippen LogP contribution in [0.25, 0.3) is 0 Å². The van der Waals surface area contributed by atoms with Crippen molar-refractivity contribution < 1.29 is 23.1 Å². The molecule has 0 saturated carbocycles. The molecule has 28 heavy (non-hydrogen) atoms. The number of esters is 1. The Morgan fingerprint density at radius 2 is 1.64 bits per heavy atom. The van der Waals surface area contributed by atoms with Crippen LogP contribution in [0.2, 0.25) is 0 Å². The third-order valence-corrected chi connectivity index (χ3v) is 4.62. The zero-order valence-electron chi connectivity index (χ0n) is 14.9. The summed E-state index contributed by atoms with van der Waals surface area (Å²) in [6, 6.07) is 13.2. The number of benzene rings is 2. The van der Waals surface area contributed by atoms with Gasteiger partial charge in [-0.05, 0) is 42.0 Å². The summed E-state index contributed by atoms with van der Waals surface area (Å²) in [5.74, 6) is -1.28. The molecule has 0 aliphatic heterocycles. The minimum absolute atomic E-state index is 0.0411. The van der Waals surface area contributed by atoms with Crippen LogP contribution in [-0.2, 0) is 20.1 Å². The molecule has 0 heterocycles. The number of thioether (sulfide) groups is 1. The van der Waals surface area contributed by atoms with Gasteiger partial charge in [0.05, 0.1) is 18.2 Å². The molecule has 146 valence electrons. The van der Waals surface area contributed by atoms with Crippen molar-refractivity contribution >= 4 is 29.3 Å². The molecular weight excluding hydrogens is 386 g/mol. The van der Waals surface area contributed by atoms with E-state index in [0.717, 1.165) is 5.56 Å². The molecule has 0 aliphatic rings. The molecule has 5 nitrogen and oxygen atoms in total. The molecule has 8 heteroatoms. The Hall–Kier alpha value is -2.92. The molecular formula is C20H18F2N2O3S. The van der Waals surface area contributed by atoms with Gasteiger partial charge in [0, 0.05) is 18.0 Å². The Morgan fingerprint density at radius 1 is 1.04 bits per heavy atom. The number of rotatable bonds is 9. The van der Waals surface area contributed by atoms with Gasteiger partial charge in [0.1, 0.15) is 11.6 Å². The molecule has 0 fully saturated rings. The summed E-state index contributed by atoms with van der Waals surface area (Å²) in [4.78, 5) is 25.5. The van der Waals surface area contributed by atoms with E-state index in [0.29, 0.717) is 11.4 Å². The van der Waals surface area contributed by atoms with Gasteiger partial charge < -0.3 is 9.64 Å². The van der Waals surface area contributed by atoms with Gasteiger partial charge in [-0.3, -0.25) is 9.59 Å². The van der Waals surface area contributed by atoms with E-state index in [-0.39, 0.29) is 24.5 Å². The zero-order valence-corrected chi connectivity index (χ0v) is 15.8. The summed E-state index contributed by atoms with van der Waals surface area (Å²) in [6.45, 7) is -0.365. The maximum absolute atomic E-state index is 13.1. The van der Waals surface area contributed by atoms with Crippen LogP contribution >= 0.6 is 11.8 Å². The lowest BCUT2D eigenvalue weighted by Gasteiger charge is -2.21. The summed E-state index contributed by atoms with van der Waals surface area (Å²) >= 11 is 1.29. The van der Waals surface area contributed by atoms with Crippen molar-refractivity contribution in [3.8, 4) is 6.07 Å². The predicted molar refractivity (Wildman–Crippen MR) is 103 cm³/mol. The van der Waals surface area contributed by atoms with E-state index in [4.69, 9.17) is 10.00 Å². The van der Waals surface area contributed by atoms with Crippen molar-refractivity contribution in [2.45, 2.75) is 12.2 Å². The standard InChI is InChI=1S/C20H18F2N2O3S/c21-16-4-2-15(3-5-16)13-28-14-20(26)27-12-19(25)24(11-1-10-23)18-8-6-17(22)7-9-18/h2-9H,1,11-14H2. The second kappa shape index (κ2) is 11.0. The average molecular weight is 404 g/mol. The first-order chi connectivity index (χ1) is 13.5. The van der Waals surface area contributed by atoms with Crippen LogP contribution in [0, 0.1) is 23.0 Å². The number of hydrogen-bond donors (Lipinski definition) is 0. The molecule has 0 atom stereocenters. The van der Waals surface area contributed by atoms with E-state index in [2.05, 4.69) is 0 Å². The molecule has 2 aromatic rings. The highest BCUT2D eigenvalue weighted by atomic mass is 32.2. The number of halogens is 2. The molecule has 0 spiro atoms. The monoisotopic (exact) mass is 404 g/mol. The maximum Gasteiger partial charge on any atom is 0.316 e. The summed E-state index contributed by atoms with van der Waals surface area (Å²) in [6.07, 6.45) is 0.0879. The molecule has 2 aromatic carbocycles. The normalized spacial score (nSPS) is 10.2. The van der Waals surface area contributed by atoms with Gasteiger partial charge in [-0.25, -0.2) is 8.78 Å². The van der Waals surface area contributed by atoms with Gasteiger partial charge in [-0.15, -0.1) is 11.8 Å². The van der Waals surface area contributed by atoms with E-state index >= 15 is 0 Å². The fraction of sp³-hybridized carbons (Fsp3) is 0.250. The Balaban J connectivity index is 1.81. The Bertz CT molecular complexity index is 836. The molecule has 0 unspecified atom stereocenters. The number of carbonyl (C=O) groups is 2. The van der Waals surface area contributed by atoms with Crippen LogP contribution in [0.4, 0.5) is 14.5 Å².